The Labute approximate surface area is 264 Å². The van der Waals surface area contributed by atoms with Crippen LogP contribution < -0.4 is 0 Å². The van der Waals surface area contributed by atoms with Crippen LogP contribution in [0.4, 0.5) is 4.79 Å². The maximum atomic E-state index is 14.0. The van der Waals surface area contributed by atoms with Crippen LogP contribution in [-0.2, 0) is 18.9 Å². The predicted octanol–water partition coefficient (Wildman–Crippen LogP) is 7.27. The van der Waals surface area contributed by atoms with Crippen LogP contribution in [0.15, 0.2) is 54.6 Å². The highest BCUT2D eigenvalue weighted by atomic mass is 16.8. The molecule has 1 heterocycles. The van der Waals surface area contributed by atoms with Gasteiger partial charge in [0.2, 0.25) is 6.29 Å². The number of carbonyl (C=O) groups is 2. The predicted molar refractivity (Wildman–Crippen MR) is 165 cm³/mol. The van der Waals surface area contributed by atoms with Gasteiger partial charge >= 0.3 is 12.1 Å². The average molecular weight is 607 g/mol. The minimum Gasteiger partial charge on any atom is -0.454 e. The topological polar surface area (TPSA) is 71.1 Å². The maximum absolute atomic E-state index is 14.0. The van der Waals surface area contributed by atoms with Crippen molar-refractivity contribution in [2.45, 2.75) is 63.4 Å². The van der Waals surface area contributed by atoms with Crippen molar-refractivity contribution in [1.29, 1.82) is 0 Å². The Morgan fingerprint density at radius 3 is 1.96 bits per heavy atom. The number of allylic oxidation sites excluding steroid dienone is 2. The molecule has 0 spiro atoms. The monoisotopic (exact) mass is 606 g/mol. The van der Waals surface area contributed by atoms with E-state index in [-0.39, 0.29) is 17.8 Å². The molecule has 0 radical (unpaired) electrons. The van der Waals surface area contributed by atoms with Crippen molar-refractivity contribution in [2.24, 2.45) is 82.9 Å². The first-order valence-corrected chi connectivity index (χ1v) is 18.0. The van der Waals surface area contributed by atoms with E-state index in [1.165, 1.54) is 19.3 Å². The van der Waals surface area contributed by atoms with E-state index >= 15 is 0 Å². The lowest BCUT2D eigenvalue weighted by Crippen LogP contribution is -2.53. The maximum Gasteiger partial charge on any atom is 0.511 e. The number of fused-ring (bicyclic) bond motifs is 24. The number of benzene rings is 2. The third-order valence-corrected chi connectivity index (χ3v) is 15.1. The largest absolute Gasteiger partial charge is 0.511 e. The SMILES string of the molecule is O=C(OC1CCCCO1)OC1C2CC(C1OC(=O)c1cccc3ccccc13)C1C3CC(C21)C1C2CC(C4C5C=CC(C5)C24)C31. The van der Waals surface area contributed by atoms with Crippen LogP contribution in [-0.4, -0.2) is 37.2 Å². The van der Waals surface area contributed by atoms with E-state index in [2.05, 4.69) is 12.2 Å². The number of carbonyl (C=O) groups excluding carboxylic acids is 2. The van der Waals surface area contributed by atoms with Crippen molar-refractivity contribution in [3.05, 3.63) is 60.2 Å². The summed E-state index contributed by atoms with van der Waals surface area (Å²) in [6, 6.07) is 13.8. The molecular weight excluding hydrogens is 564 g/mol. The fourth-order valence-corrected chi connectivity index (χ4v) is 14.3. The van der Waals surface area contributed by atoms with Crippen molar-refractivity contribution in [2.75, 3.05) is 6.61 Å². The minimum absolute atomic E-state index is 0.232. The summed E-state index contributed by atoms with van der Waals surface area (Å²) in [7, 11) is 0. The first kappa shape index (κ1) is 26.2. The van der Waals surface area contributed by atoms with Crippen LogP contribution >= 0.6 is 0 Å². The summed E-state index contributed by atoms with van der Waals surface area (Å²) in [6.07, 6.45) is 10.9. The van der Waals surface area contributed by atoms with Gasteiger partial charge < -0.3 is 18.9 Å². The average Bonchev–Trinajstić information content (AvgIpc) is 3.91. The van der Waals surface area contributed by atoms with Gasteiger partial charge in [-0.15, -0.1) is 0 Å². The molecule has 8 fully saturated rings. The van der Waals surface area contributed by atoms with Gasteiger partial charge in [0.25, 0.3) is 0 Å². The Morgan fingerprint density at radius 1 is 0.622 bits per heavy atom. The van der Waals surface area contributed by atoms with Gasteiger partial charge in [-0.2, -0.15) is 0 Å². The molecule has 6 nitrogen and oxygen atoms in total. The van der Waals surface area contributed by atoms with Gasteiger partial charge in [0, 0.05) is 18.3 Å². The highest BCUT2D eigenvalue weighted by Gasteiger charge is 2.77. The van der Waals surface area contributed by atoms with Gasteiger partial charge in [0.05, 0.1) is 12.2 Å². The highest BCUT2D eigenvalue weighted by Crippen LogP contribution is 2.81. The van der Waals surface area contributed by atoms with E-state index in [1.54, 1.807) is 0 Å². The molecule has 0 amide bonds. The van der Waals surface area contributed by atoms with Gasteiger partial charge in [0.1, 0.15) is 12.2 Å². The number of hydrogen-bond acceptors (Lipinski definition) is 6. The van der Waals surface area contributed by atoms with Crippen molar-refractivity contribution in [3.63, 3.8) is 0 Å². The molecule has 234 valence electrons. The summed E-state index contributed by atoms with van der Waals surface area (Å²) in [5, 5.41) is 1.92. The van der Waals surface area contributed by atoms with Gasteiger partial charge in [-0.3, -0.25) is 0 Å². The summed E-state index contributed by atoms with van der Waals surface area (Å²) in [6.45, 7) is 0.605. The fraction of sp³-hybridized carbons (Fsp3) is 0.641. The second kappa shape index (κ2) is 9.36. The molecule has 9 aliphatic rings. The van der Waals surface area contributed by atoms with E-state index in [9.17, 15) is 9.59 Å². The normalized spacial score (nSPS) is 50.2. The molecule has 6 heteroatoms. The summed E-state index contributed by atoms with van der Waals surface area (Å²) < 4.78 is 24.2. The van der Waals surface area contributed by atoms with Crippen LogP contribution in [0, 0.1) is 82.9 Å². The molecule has 1 saturated heterocycles. The molecule has 8 bridgehead atoms. The number of rotatable bonds is 4. The molecule has 1 aliphatic heterocycles. The zero-order valence-corrected chi connectivity index (χ0v) is 25.6. The Hall–Kier alpha value is -2.86. The molecule has 2 aromatic rings. The molecule has 17 atom stereocenters. The van der Waals surface area contributed by atoms with E-state index < -0.39 is 24.7 Å². The van der Waals surface area contributed by atoms with Crippen LogP contribution in [0.3, 0.4) is 0 Å². The zero-order valence-electron chi connectivity index (χ0n) is 25.6. The highest BCUT2D eigenvalue weighted by molar-refractivity contribution is 6.04. The molecule has 8 aliphatic carbocycles. The molecule has 0 aromatic heterocycles. The lowest BCUT2D eigenvalue weighted by Gasteiger charge is -2.51. The Balaban J connectivity index is 0.910. The first-order chi connectivity index (χ1) is 22.1. The van der Waals surface area contributed by atoms with Crippen LogP contribution in [0.25, 0.3) is 10.8 Å². The molecule has 17 unspecified atom stereocenters. The third-order valence-electron chi connectivity index (χ3n) is 15.1. The van der Waals surface area contributed by atoms with E-state index in [1.807, 2.05) is 42.5 Å². The zero-order chi connectivity index (χ0) is 29.6. The van der Waals surface area contributed by atoms with E-state index in [4.69, 9.17) is 18.9 Å². The van der Waals surface area contributed by atoms with Crippen molar-refractivity contribution < 1.29 is 28.5 Å². The van der Waals surface area contributed by atoms with Gasteiger partial charge in [-0.1, -0.05) is 48.6 Å². The number of esters is 1. The van der Waals surface area contributed by atoms with Crippen LogP contribution in [0.5, 0.6) is 0 Å². The van der Waals surface area contributed by atoms with E-state index in [0.717, 1.165) is 89.2 Å². The van der Waals surface area contributed by atoms with Crippen molar-refractivity contribution in [1.82, 2.24) is 0 Å². The Bertz CT molecular complexity index is 1600. The van der Waals surface area contributed by atoms with Gasteiger partial charge in [0.15, 0.2) is 0 Å². The molecule has 0 N–H and O–H groups in total. The second-order valence-corrected chi connectivity index (χ2v) is 16.2. The second-order valence-electron chi connectivity index (χ2n) is 16.2. The van der Waals surface area contributed by atoms with Gasteiger partial charge in [-0.05, 0) is 126 Å². The summed E-state index contributed by atoms with van der Waals surface area (Å²) in [4.78, 5) is 27.2. The van der Waals surface area contributed by atoms with Crippen molar-refractivity contribution >= 4 is 22.9 Å². The molecular formula is C39H42O6. The van der Waals surface area contributed by atoms with Crippen LogP contribution in [0.1, 0.15) is 55.3 Å². The lowest BCUT2D eigenvalue weighted by molar-refractivity contribution is -0.162. The first-order valence-electron chi connectivity index (χ1n) is 18.0. The molecule has 7 saturated carbocycles. The summed E-state index contributed by atoms with van der Waals surface area (Å²) in [5.74, 6) is 9.81. The van der Waals surface area contributed by atoms with Crippen molar-refractivity contribution in [3.8, 4) is 0 Å². The molecule has 2 aromatic carbocycles. The van der Waals surface area contributed by atoms with Crippen LogP contribution in [0.2, 0.25) is 0 Å². The molecule has 45 heavy (non-hydrogen) atoms. The fourth-order valence-electron chi connectivity index (χ4n) is 14.3. The quantitative estimate of drug-likeness (QED) is 0.207. The Morgan fingerprint density at radius 2 is 1.24 bits per heavy atom. The number of ether oxygens (including phenoxy) is 4. The Kier molecular flexibility index (Phi) is 5.46. The van der Waals surface area contributed by atoms with Gasteiger partial charge in [-0.25, -0.2) is 9.59 Å². The number of hydrogen-bond donors (Lipinski definition) is 0. The summed E-state index contributed by atoms with van der Waals surface area (Å²) in [5.41, 5.74) is 0.584. The third kappa shape index (κ3) is 3.45. The summed E-state index contributed by atoms with van der Waals surface area (Å²) >= 11 is 0. The lowest BCUT2D eigenvalue weighted by atomic mass is 9.55. The molecule has 11 rings (SSSR count). The standard InChI is InChI=1S/C39H42O6/c40-38(22-9-5-7-18-6-1-2-8-21(18)22)44-36-27-17-28(37(36)45-39(41)43-29-10-3-4-13-42-29)35-26-16-25(34(27)35)32-23-15-24(33(26)32)31-20-12-11-19(14-20)30(23)31/h1-2,5-9,11-12,19-20,23-37H,3-4,10,13-17H2. The minimum atomic E-state index is -0.667. The van der Waals surface area contributed by atoms with E-state index in [0.29, 0.717) is 30.4 Å². The smallest absolute Gasteiger partial charge is 0.454 e.